The SMILES string of the molecule is CC(N)c1cc(=O)[nH]c(COc2ccc(F)cc2)n1. The van der Waals surface area contributed by atoms with Crippen LogP contribution < -0.4 is 16.0 Å². The van der Waals surface area contributed by atoms with Crippen molar-refractivity contribution in [1.82, 2.24) is 9.97 Å². The zero-order chi connectivity index (χ0) is 13.8. The number of H-pyrrole nitrogens is 1. The van der Waals surface area contributed by atoms with E-state index in [4.69, 9.17) is 10.5 Å². The lowest BCUT2D eigenvalue weighted by molar-refractivity contribution is 0.294. The Morgan fingerprint density at radius 2 is 2.11 bits per heavy atom. The summed E-state index contributed by atoms with van der Waals surface area (Å²) < 4.78 is 18.1. The van der Waals surface area contributed by atoms with Crippen LogP contribution in [0.15, 0.2) is 35.1 Å². The lowest BCUT2D eigenvalue weighted by Gasteiger charge is -2.08. The summed E-state index contributed by atoms with van der Waals surface area (Å²) in [6.07, 6.45) is 0. The molecule has 19 heavy (non-hydrogen) atoms. The minimum Gasteiger partial charge on any atom is -0.486 e. The minimum atomic E-state index is -0.335. The zero-order valence-electron chi connectivity index (χ0n) is 10.4. The molecule has 100 valence electrons. The van der Waals surface area contributed by atoms with Crippen LogP contribution in [0.25, 0.3) is 0 Å². The van der Waals surface area contributed by atoms with Crippen LogP contribution in [0.4, 0.5) is 4.39 Å². The molecule has 0 aliphatic heterocycles. The Hall–Kier alpha value is -2.21. The fraction of sp³-hybridized carbons (Fsp3) is 0.231. The van der Waals surface area contributed by atoms with Gasteiger partial charge in [0.05, 0.1) is 5.69 Å². The van der Waals surface area contributed by atoms with Crippen LogP contribution in [-0.4, -0.2) is 9.97 Å². The van der Waals surface area contributed by atoms with Gasteiger partial charge in [0.2, 0.25) is 0 Å². The number of rotatable bonds is 4. The average Bonchev–Trinajstić information content (AvgIpc) is 2.37. The van der Waals surface area contributed by atoms with Crippen LogP contribution in [0, 0.1) is 5.82 Å². The zero-order valence-corrected chi connectivity index (χ0v) is 10.4. The van der Waals surface area contributed by atoms with Gasteiger partial charge in [-0.3, -0.25) is 4.79 Å². The highest BCUT2D eigenvalue weighted by Gasteiger charge is 2.06. The number of ether oxygens (including phenoxy) is 1. The molecule has 0 saturated heterocycles. The third-order valence-corrected chi connectivity index (χ3v) is 2.47. The maximum atomic E-state index is 12.7. The monoisotopic (exact) mass is 263 g/mol. The van der Waals surface area contributed by atoms with Gasteiger partial charge in [0.25, 0.3) is 5.56 Å². The molecule has 0 aliphatic carbocycles. The van der Waals surface area contributed by atoms with Crippen molar-refractivity contribution in [2.45, 2.75) is 19.6 Å². The number of hydrogen-bond acceptors (Lipinski definition) is 4. The van der Waals surface area contributed by atoms with E-state index < -0.39 is 0 Å². The number of aromatic nitrogens is 2. The molecule has 6 heteroatoms. The first-order valence-electron chi connectivity index (χ1n) is 5.78. The summed E-state index contributed by atoms with van der Waals surface area (Å²) in [5.41, 5.74) is 5.90. The Labute approximate surface area is 109 Å². The van der Waals surface area contributed by atoms with Gasteiger partial charge in [0.15, 0.2) is 0 Å². The second-order valence-electron chi connectivity index (χ2n) is 4.15. The van der Waals surface area contributed by atoms with E-state index in [1.165, 1.54) is 30.3 Å². The highest BCUT2D eigenvalue weighted by atomic mass is 19.1. The predicted molar refractivity (Wildman–Crippen MR) is 68.2 cm³/mol. The molecule has 0 radical (unpaired) electrons. The lowest BCUT2D eigenvalue weighted by atomic mass is 10.2. The molecule has 0 amide bonds. The van der Waals surface area contributed by atoms with E-state index >= 15 is 0 Å². The van der Waals surface area contributed by atoms with Crippen LogP contribution in [0.5, 0.6) is 5.75 Å². The van der Waals surface area contributed by atoms with E-state index in [2.05, 4.69) is 9.97 Å². The van der Waals surface area contributed by atoms with E-state index in [1.807, 2.05) is 0 Å². The van der Waals surface area contributed by atoms with Crippen LogP contribution >= 0.6 is 0 Å². The van der Waals surface area contributed by atoms with Crippen molar-refractivity contribution in [2.75, 3.05) is 0 Å². The van der Waals surface area contributed by atoms with Crippen LogP contribution in [0.1, 0.15) is 24.5 Å². The van der Waals surface area contributed by atoms with Crippen LogP contribution in [0.2, 0.25) is 0 Å². The molecule has 1 aromatic heterocycles. The molecule has 0 bridgehead atoms. The summed E-state index contributed by atoms with van der Waals surface area (Å²) >= 11 is 0. The molecule has 2 aromatic rings. The summed E-state index contributed by atoms with van der Waals surface area (Å²) in [5, 5.41) is 0. The third kappa shape index (κ3) is 3.62. The van der Waals surface area contributed by atoms with Crippen molar-refractivity contribution < 1.29 is 9.13 Å². The van der Waals surface area contributed by atoms with Gasteiger partial charge in [0, 0.05) is 12.1 Å². The highest BCUT2D eigenvalue weighted by Crippen LogP contribution is 2.12. The summed E-state index contributed by atoms with van der Waals surface area (Å²) in [7, 11) is 0. The van der Waals surface area contributed by atoms with Crippen LogP contribution in [-0.2, 0) is 6.61 Å². The first-order chi connectivity index (χ1) is 9.04. The van der Waals surface area contributed by atoms with Crippen molar-refractivity contribution >= 4 is 0 Å². The standard InChI is InChI=1S/C13H14FN3O2/c1-8(15)11-6-13(18)17-12(16-11)7-19-10-4-2-9(14)3-5-10/h2-6,8H,7,15H2,1H3,(H,16,17,18). The molecular formula is C13H14FN3O2. The van der Waals surface area contributed by atoms with E-state index in [1.54, 1.807) is 6.92 Å². The first kappa shape index (κ1) is 13.2. The Morgan fingerprint density at radius 1 is 1.42 bits per heavy atom. The maximum Gasteiger partial charge on any atom is 0.251 e. The molecular weight excluding hydrogens is 249 g/mol. The van der Waals surface area contributed by atoms with Crippen molar-refractivity contribution in [3.05, 3.63) is 58.0 Å². The number of benzene rings is 1. The van der Waals surface area contributed by atoms with Gasteiger partial charge in [0.1, 0.15) is 24.0 Å². The summed E-state index contributed by atoms with van der Waals surface area (Å²) in [5.74, 6) is 0.539. The molecule has 5 nitrogen and oxygen atoms in total. The fourth-order valence-corrected chi connectivity index (χ4v) is 1.51. The van der Waals surface area contributed by atoms with E-state index in [-0.39, 0.29) is 24.0 Å². The second kappa shape index (κ2) is 5.62. The molecule has 1 aromatic carbocycles. The quantitative estimate of drug-likeness (QED) is 0.876. The van der Waals surface area contributed by atoms with Gasteiger partial charge in [-0.05, 0) is 31.2 Å². The summed E-state index contributed by atoms with van der Waals surface area (Å²) in [6.45, 7) is 1.83. The maximum absolute atomic E-state index is 12.7. The molecule has 1 heterocycles. The van der Waals surface area contributed by atoms with Crippen molar-refractivity contribution in [3.63, 3.8) is 0 Å². The molecule has 1 atom stereocenters. The first-order valence-corrected chi connectivity index (χ1v) is 5.78. The van der Waals surface area contributed by atoms with Crippen molar-refractivity contribution in [3.8, 4) is 5.75 Å². The van der Waals surface area contributed by atoms with Crippen molar-refractivity contribution in [1.29, 1.82) is 0 Å². The Bertz CT molecular complexity index is 608. The van der Waals surface area contributed by atoms with Crippen molar-refractivity contribution in [2.24, 2.45) is 5.73 Å². The smallest absolute Gasteiger partial charge is 0.251 e. The van der Waals surface area contributed by atoms with E-state index in [0.717, 1.165) is 0 Å². The molecule has 1 unspecified atom stereocenters. The number of halogens is 1. The van der Waals surface area contributed by atoms with Gasteiger partial charge in [-0.2, -0.15) is 0 Å². The van der Waals surface area contributed by atoms with E-state index in [0.29, 0.717) is 17.3 Å². The molecule has 3 N–H and O–H groups in total. The summed E-state index contributed by atoms with van der Waals surface area (Å²) in [4.78, 5) is 18.2. The number of nitrogens with zero attached hydrogens (tertiary/aromatic N) is 1. The lowest BCUT2D eigenvalue weighted by Crippen LogP contribution is -2.18. The highest BCUT2D eigenvalue weighted by molar-refractivity contribution is 5.22. The Morgan fingerprint density at radius 3 is 2.74 bits per heavy atom. The molecule has 0 aliphatic rings. The Balaban J connectivity index is 2.11. The molecule has 0 saturated carbocycles. The van der Waals surface area contributed by atoms with Gasteiger partial charge in [-0.25, -0.2) is 9.37 Å². The number of aromatic amines is 1. The van der Waals surface area contributed by atoms with Crippen LogP contribution in [0.3, 0.4) is 0 Å². The van der Waals surface area contributed by atoms with Gasteiger partial charge in [-0.15, -0.1) is 0 Å². The van der Waals surface area contributed by atoms with Gasteiger partial charge in [-0.1, -0.05) is 0 Å². The topological polar surface area (TPSA) is 81.0 Å². The number of nitrogens with two attached hydrogens (primary N) is 1. The molecule has 0 fully saturated rings. The largest absolute Gasteiger partial charge is 0.486 e. The summed E-state index contributed by atoms with van der Waals surface area (Å²) in [6, 6.07) is 6.62. The molecule has 0 spiro atoms. The fourth-order valence-electron chi connectivity index (χ4n) is 1.51. The minimum absolute atomic E-state index is 0.0848. The normalized spacial score (nSPS) is 12.2. The van der Waals surface area contributed by atoms with Gasteiger partial charge >= 0.3 is 0 Å². The third-order valence-electron chi connectivity index (χ3n) is 2.47. The second-order valence-corrected chi connectivity index (χ2v) is 4.15. The molecule has 2 rings (SSSR count). The average molecular weight is 263 g/mol. The number of hydrogen-bond donors (Lipinski definition) is 2. The number of nitrogens with one attached hydrogen (secondary N) is 1. The van der Waals surface area contributed by atoms with E-state index in [9.17, 15) is 9.18 Å². The predicted octanol–water partition coefficient (Wildman–Crippen LogP) is 1.51. The Kier molecular flexibility index (Phi) is 3.91. The van der Waals surface area contributed by atoms with Gasteiger partial charge < -0.3 is 15.5 Å².